The molecule has 1 N–H and O–H groups in total. The van der Waals surface area contributed by atoms with Crippen molar-refractivity contribution >= 4 is 52.0 Å². The zero-order valence-corrected chi connectivity index (χ0v) is 20.9. The van der Waals surface area contributed by atoms with Crippen molar-refractivity contribution in [3.63, 3.8) is 0 Å². The summed E-state index contributed by atoms with van der Waals surface area (Å²) in [7, 11) is 0. The lowest BCUT2D eigenvalue weighted by molar-refractivity contribution is -0.193. The van der Waals surface area contributed by atoms with Crippen molar-refractivity contribution in [2.24, 2.45) is 0 Å². The molecule has 0 aliphatic carbocycles. The third-order valence-corrected chi connectivity index (χ3v) is 6.82. The number of esters is 1. The lowest BCUT2D eigenvalue weighted by Gasteiger charge is -2.31. The number of aromatic nitrogens is 2. The number of cyclic esters (lactones) is 1. The van der Waals surface area contributed by atoms with Gasteiger partial charge in [-0.05, 0) is 29.4 Å². The van der Waals surface area contributed by atoms with Gasteiger partial charge in [0.15, 0.2) is 0 Å². The SMILES string of the molecule is CC1(C)OC(=O)C=C(c2c(-c3c(C(C)(C)C)n(C(=O)O)c4ccccc34)nsc2SC(F)(F)F)O1. The standard InChI is InChI=1S/C23H21F3N2O5S2/c1-21(2,3)18-15(11-8-6-7-9-12(11)28(18)20(30)31)17-16(19(35-27-17)34-23(24,25)26)13-10-14(29)33-22(4,5)32-13/h6-10H,1-5H3,(H,30,31). The number of para-hydroxylation sites is 1. The number of halogens is 3. The summed E-state index contributed by atoms with van der Waals surface area (Å²) in [6.45, 7) is 8.34. The van der Waals surface area contributed by atoms with Gasteiger partial charge in [-0.1, -0.05) is 39.0 Å². The fraction of sp³-hybridized carbons (Fsp3) is 0.348. The molecule has 7 nitrogen and oxygen atoms in total. The van der Waals surface area contributed by atoms with Crippen LogP contribution in [0.2, 0.25) is 0 Å². The topological polar surface area (TPSA) is 90.7 Å². The Hall–Kier alpha value is -2.99. The molecule has 0 fully saturated rings. The lowest BCUT2D eigenvalue weighted by Crippen LogP contribution is -2.34. The fourth-order valence-electron chi connectivity index (χ4n) is 4.04. The van der Waals surface area contributed by atoms with Gasteiger partial charge in [0.1, 0.15) is 9.97 Å². The number of carbonyl (C=O) groups is 2. The van der Waals surface area contributed by atoms with Crippen LogP contribution in [0.3, 0.4) is 0 Å². The van der Waals surface area contributed by atoms with Gasteiger partial charge in [-0.15, -0.1) is 0 Å². The predicted molar refractivity (Wildman–Crippen MR) is 126 cm³/mol. The lowest BCUT2D eigenvalue weighted by atomic mass is 9.86. The molecule has 2 aromatic heterocycles. The number of carboxylic acid groups (broad SMARTS) is 1. The van der Waals surface area contributed by atoms with E-state index in [1.54, 1.807) is 45.0 Å². The van der Waals surface area contributed by atoms with E-state index in [0.29, 0.717) is 33.7 Å². The summed E-state index contributed by atoms with van der Waals surface area (Å²) < 4.78 is 56.5. The minimum absolute atomic E-state index is 0.0409. The van der Waals surface area contributed by atoms with E-state index in [9.17, 15) is 27.9 Å². The monoisotopic (exact) mass is 526 g/mol. The molecule has 12 heteroatoms. The highest BCUT2D eigenvalue weighted by Gasteiger charge is 2.40. The maximum absolute atomic E-state index is 13.5. The van der Waals surface area contributed by atoms with Crippen LogP contribution in [0.15, 0.2) is 34.6 Å². The quantitative estimate of drug-likeness (QED) is 0.295. The summed E-state index contributed by atoms with van der Waals surface area (Å²) in [5.41, 5.74) is -4.25. The molecule has 4 rings (SSSR count). The van der Waals surface area contributed by atoms with Gasteiger partial charge in [0.05, 0.1) is 22.9 Å². The van der Waals surface area contributed by atoms with Crippen molar-refractivity contribution in [3.8, 4) is 11.3 Å². The molecule has 0 spiro atoms. The van der Waals surface area contributed by atoms with Crippen molar-refractivity contribution in [1.29, 1.82) is 0 Å². The maximum Gasteiger partial charge on any atom is 0.447 e. The Bertz CT molecular complexity index is 1380. The first-order valence-corrected chi connectivity index (χ1v) is 11.9. The number of thioether (sulfide) groups is 1. The van der Waals surface area contributed by atoms with Crippen LogP contribution in [0.1, 0.15) is 45.9 Å². The Balaban J connectivity index is 2.12. The molecule has 1 aromatic carbocycles. The molecule has 186 valence electrons. The van der Waals surface area contributed by atoms with E-state index in [2.05, 4.69) is 4.37 Å². The molecular formula is C23H21F3N2O5S2. The molecule has 0 saturated carbocycles. The van der Waals surface area contributed by atoms with Crippen LogP contribution in [0, 0.1) is 0 Å². The van der Waals surface area contributed by atoms with Gasteiger partial charge in [0, 0.05) is 35.9 Å². The number of alkyl halides is 3. The van der Waals surface area contributed by atoms with Crippen LogP contribution < -0.4 is 0 Å². The minimum atomic E-state index is -4.63. The largest absolute Gasteiger partial charge is 0.464 e. The second-order valence-corrected chi connectivity index (χ2v) is 11.4. The second kappa shape index (κ2) is 8.30. The highest BCUT2D eigenvalue weighted by molar-refractivity contribution is 8.01. The summed E-state index contributed by atoms with van der Waals surface area (Å²) in [6.07, 6.45) is -0.261. The van der Waals surface area contributed by atoms with Gasteiger partial charge in [0.25, 0.3) is 0 Å². The van der Waals surface area contributed by atoms with Crippen LogP contribution in [0.25, 0.3) is 27.9 Å². The van der Waals surface area contributed by atoms with Gasteiger partial charge in [-0.25, -0.2) is 14.2 Å². The van der Waals surface area contributed by atoms with Crippen LogP contribution >= 0.6 is 23.3 Å². The number of nitrogens with zero attached hydrogens (tertiary/aromatic N) is 2. The first-order chi connectivity index (χ1) is 16.1. The molecule has 0 radical (unpaired) electrons. The average Bonchev–Trinajstić information content (AvgIpc) is 3.23. The zero-order chi connectivity index (χ0) is 25.9. The molecule has 1 aliphatic rings. The van der Waals surface area contributed by atoms with Crippen LogP contribution in [0.4, 0.5) is 18.0 Å². The smallest absolute Gasteiger partial charge is 0.447 e. The Morgan fingerprint density at radius 2 is 1.80 bits per heavy atom. The molecule has 35 heavy (non-hydrogen) atoms. The Labute approximate surface area is 206 Å². The molecule has 0 atom stereocenters. The van der Waals surface area contributed by atoms with E-state index in [1.165, 1.54) is 13.8 Å². The molecule has 3 heterocycles. The third-order valence-electron chi connectivity index (χ3n) is 5.08. The normalized spacial score (nSPS) is 16.1. The number of rotatable bonds is 3. The van der Waals surface area contributed by atoms with E-state index in [4.69, 9.17) is 9.47 Å². The van der Waals surface area contributed by atoms with E-state index in [0.717, 1.165) is 10.6 Å². The summed E-state index contributed by atoms with van der Waals surface area (Å²) in [4.78, 5) is 24.6. The van der Waals surface area contributed by atoms with Crippen LogP contribution in [0.5, 0.6) is 0 Å². The van der Waals surface area contributed by atoms with E-state index in [1.807, 2.05) is 0 Å². The number of ether oxygens (including phenoxy) is 2. The molecule has 0 unspecified atom stereocenters. The van der Waals surface area contributed by atoms with E-state index < -0.39 is 28.8 Å². The second-order valence-electron chi connectivity index (χ2n) is 9.28. The van der Waals surface area contributed by atoms with Crippen LogP contribution in [-0.2, 0) is 19.7 Å². The molecule has 0 amide bonds. The Morgan fingerprint density at radius 1 is 1.14 bits per heavy atom. The van der Waals surface area contributed by atoms with E-state index in [-0.39, 0.29) is 33.0 Å². The van der Waals surface area contributed by atoms with Gasteiger partial charge in [-0.3, -0.25) is 0 Å². The predicted octanol–water partition coefficient (Wildman–Crippen LogP) is 6.85. The van der Waals surface area contributed by atoms with Crippen LogP contribution in [-0.4, -0.2) is 37.4 Å². The van der Waals surface area contributed by atoms with Crippen molar-refractivity contribution in [1.82, 2.24) is 8.94 Å². The van der Waals surface area contributed by atoms with Crippen molar-refractivity contribution in [2.45, 2.75) is 55.5 Å². The van der Waals surface area contributed by atoms with Crippen molar-refractivity contribution in [2.75, 3.05) is 0 Å². The number of carbonyl (C=O) groups excluding carboxylic acids is 1. The molecule has 1 aliphatic heterocycles. The fourth-order valence-corrected chi connectivity index (χ4v) is 5.74. The average molecular weight is 527 g/mol. The van der Waals surface area contributed by atoms with E-state index >= 15 is 0 Å². The molecule has 0 bridgehead atoms. The van der Waals surface area contributed by atoms with Gasteiger partial charge < -0.3 is 14.6 Å². The number of benzene rings is 1. The Morgan fingerprint density at radius 3 is 2.37 bits per heavy atom. The van der Waals surface area contributed by atoms with Crippen molar-refractivity contribution < 1.29 is 37.3 Å². The molecular weight excluding hydrogens is 505 g/mol. The maximum atomic E-state index is 13.5. The summed E-state index contributed by atoms with van der Waals surface area (Å²) in [5, 5.41) is 10.6. The summed E-state index contributed by atoms with van der Waals surface area (Å²) in [5.74, 6) is -2.34. The highest BCUT2D eigenvalue weighted by atomic mass is 32.2. The minimum Gasteiger partial charge on any atom is -0.464 e. The first kappa shape index (κ1) is 25.1. The molecule has 0 saturated heterocycles. The summed E-state index contributed by atoms with van der Waals surface area (Å²) >= 11 is 0.231. The zero-order valence-electron chi connectivity index (χ0n) is 19.3. The number of hydrogen-bond acceptors (Lipinski definition) is 7. The van der Waals surface area contributed by atoms with Gasteiger partial charge in [-0.2, -0.15) is 17.5 Å². The Kier molecular flexibility index (Phi) is 5.95. The first-order valence-electron chi connectivity index (χ1n) is 10.4. The van der Waals surface area contributed by atoms with Crippen molar-refractivity contribution in [3.05, 3.63) is 41.6 Å². The summed E-state index contributed by atoms with van der Waals surface area (Å²) in [6, 6.07) is 6.69. The molecule has 3 aromatic rings. The highest BCUT2D eigenvalue weighted by Crippen LogP contribution is 2.50. The van der Waals surface area contributed by atoms with Gasteiger partial charge >= 0.3 is 17.6 Å². The third kappa shape index (κ3) is 4.76. The van der Waals surface area contributed by atoms with Gasteiger partial charge in [0.2, 0.25) is 5.79 Å². The number of fused-ring (bicyclic) bond motifs is 1. The number of hydrogen-bond donors (Lipinski definition) is 1.